The summed E-state index contributed by atoms with van der Waals surface area (Å²) in [7, 11) is 1.58. The molecule has 0 radical (unpaired) electrons. The number of hydrogen-bond donors (Lipinski definition) is 1. The predicted molar refractivity (Wildman–Crippen MR) is 115 cm³/mol. The van der Waals surface area contributed by atoms with Crippen molar-refractivity contribution in [2.45, 2.75) is 12.8 Å². The molecule has 3 aromatic rings. The van der Waals surface area contributed by atoms with Crippen LogP contribution in [-0.2, 0) is 16.0 Å². The van der Waals surface area contributed by atoms with Gasteiger partial charge in [0.1, 0.15) is 23.0 Å². The maximum absolute atomic E-state index is 13.2. The van der Waals surface area contributed by atoms with Gasteiger partial charge in [-0.1, -0.05) is 23.4 Å². The molecule has 166 valence electrons. The van der Waals surface area contributed by atoms with E-state index in [1.165, 1.54) is 12.1 Å². The van der Waals surface area contributed by atoms with Gasteiger partial charge in [0.25, 0.3) is 5.91 Å². The molecular formula is C24H24FN3O4. The highest BCUT2D eigenvalue weighted by molar-refractivity contribution is 5.85. The van der Waals surface area contributed by atoms with Gasteiger partial charge in [0.05, 0.1) is 5.41 Å². The number of aromatic nitrogens is 1. The number of para-hydroxylation sites is 1. The second kappa shape index (κ2) is 9.21. The first kappa shape index (κ1) is 21.5. The number of nitrogens with zero attached hydrogens (tertiary/aromatic N) is 2. The van der Waals surface area contributed by atoms with Gasteiger partial charge in [-0.05, 0) is 42.8 Å². The van der Waals surface area contributed by atoms with Gasteiger partial charge < -0.3 is 19.5 Å². The molecule has 1 aliphatic heterocycles. The van der Waals surface area contributed by atoms with E-state index in [-0.39, 0.29) is 30.8 Å². The van der Waals surface area contributed by atoms with E-state index in [9.17, 15) is 14.0 Å². The summed E-state index contributed by atoms with van der Waals surface area (Å²) in [5.41, 5.74) is 0.461. The summed E-state index contributed by atoms with van der Waals surface area (Å²) in [5, 5.41) is 6.78. The zero-order chi connectivity index (χ0) is 22.6. The van der Waals surface area contributed by atoms with Crippen molar-refractivity contribution in [2.75, 3.05) is 26.7 Å². The lowest BCUT2D eigenvalue weighted by molar-refractivity contribution is -0.134. The van der Waals surface area contributed by atoms with Gasteiger partial charge in [0.15, 0.2) is 6.61 Å². The Kier molecular flexibility index (Phi) is 6.20. The van der Waals surface area contributed by atoms with Crippen LogP contribution in [0.2, 0.25) is 0 Å². The van der Waals surface area contributed by atoms with Crippen LogP contribution in [0.4, 0.5) is 4.39 Å². The molecule has 2 aromatic carbocycles. The summed E-state index contributed by atoms with van der Waals surface area (Å²) in [5.74, 6) is 0.485. The number of carbonyl (C=O) groups excluding carboxylic acids is 2. The fourth-order valence-electron chi connectivity index (χ4n) is 4.00. The average molecular weight is 437 g/mol. The molecule has 0 unspecified atom stereocenters. The summed E-state index contributed by atoms with van der Waals surface area (Å²) >= 11 is 0. The van der Waals surface area contributed by atoms with Crippen LogP contribution in [0.15, 0.2) is 65.2 Å². The highest BCUT2D eigenvalue weighted by atomic mass is 19.1. The molecule has 2 heterocycles. The maximum atomic E-state index is 13.2. The molecular weight excluding hydrogens is 413 g/mol. The van der Waals surface area contributed by atoms with E-state index in [4.69, 9.17) is 9.26 Å². The largest absolute Gasteiger partial charge is 0.484 e. The summed E-state index contributed by atoms with van der Waals surface area (Å²) in [4.78, 5) is 27.2. The summed E-state index contributed by atoms with van der Waals surface area (Å²) in [6.45, 7) is 0.616. The third kappa shape index (κ3) is 4.64. The van der Waals surface area contributed by atoms with Crippen LogP contribution in [0.3, 0.4) is 0 Å². The number of ether oxygens (including phenoxy) is 1. The van der Waals surface area contributed by atoms with E-state index in [2.05, 4.69) is 10.5 Å². The Bertz CT molecular complexity index is 1080. The first-order chi connectivity index (χ1) is 15.5. The zero-order valence-corrected chi connectivity index (χ0v) is 17.7. The minimum absolute atomic E-state index is 0.0924. The Morgan fingerprint density at radius 2 is 1.94 bits per heavy atom. The number of rotatable bonds is 7. The number of hydrogen-bond acceptors (Lipinski definition) is 5. The van der Waals surface area contributed by atoms with E-state index >= 15 is 0 Å². The molecule has 0 aliphatic carbocycles. The molecule has 1 N–H and O–H groups in total. The zero-order valence-electron chi connectivity index (χ0n) is 17.7. The number of carbonyl (C=O) groups is 2. The van der Waals surface area contributed by atoms with Gasteiger partial charge in [-0.15, -0.1) is 0 Å². The molecule has 1 aliphatic rings. The van der Waals surface area contributed by atoms with E-state index in [1.54, 1.807) is 42.3 Å². The molecule has 1 aromatic heterocycles. The van der Waals surface area contributed by atoms with Crippen molar-refractivity contribution in [3.05, 3.63) is 72.2 Å². The van der Waals surface area contributed by atoms with E-state index in [0.717, 1.165) is 5.56 Å². The SMILES string of the molecule is CNC(=O)[C@@]1(Cc2cc(-c3ccc(F)cc3)no2)CCN(C(=O)COc2ccccc2)C1. The lowest BCUT2D eigenvalue weighted by Crippen LogP contribution is -2.44. The monoisotopic (exact) mass is 437 g/mol. The Morgan fingerprint density at radius 3 is 2.66 bits per heavy atom. The Labute approximate surface area is 185 Å². The topological polar surface area (TPSA) is 84.7 Å². The molecule has 8 heteroatoms. The van der Waals surface area contributed by atoms with Gasteiger partial charge in [0.2, 0.25) is 5.91 Å². The van der Waals surface area contributed by atoms with Crippen molar-refractivity contribution in [3.8, 4) is 17.0 Å². The molecule has 0 saturated carbocycles. The number of likely N-dealkylation sites (tertiary alicyclic amines) is 1. The van der Waals surface area contributed by atoms with Crippen LogP contribution < -0.4 is 10.1 Å². The molecule has 1 saturated heterocycles. The molecule has 0 bridgehead atoms. The van der Waals surface area contributed by atoms with Crippen molar-refractivity contribution >= 4 is 11.8 Å². The summed E-state index contributed by atoms with van der Waals surface area (Å²) < 4.78 is 24.2. The molecule has 2 amide bonds. The van der Waals surface area contributed by atoms with Crippen LogP contribution in [0, 0.1) is 11.2 Å². The Morgan fingerprint density at radius 1 is 1.19 bits per heavy atom. The van der Waals surface area contributed by atoms with Crippen LogP contribution in [-0.4, -0.2) is 48.6 Å². The van der Waals surface area contributed by atoms with Crippen LogP contribution >= 0.6 is 0 Å². The second-order valence-corrected chi connectivity index (χ2v) is 7.89. The van der Waals surface area contributed by atoms with Crippen molar-refractivity contribution in [1.29, 1.82) is 0 Å². The molecule has 1 fully saturated rings. The Hall–Kier alpha value is -3.68. The number of benzene rings is 2. The van der Waals surface area contributed by atoms with Crippen molar-refractivity contribution in [1.82, 2.24) is 15.4 Å². The highest BCUT2D eigenvalue weighted by Crippen LogP contribution is 2.35. The molecule has 0 spiro atoms. The van der Waals surface area contributed by atoms with Gasteiger partial charge >= 0.3 is 0 Å². The maximum Gasteiger partial charge on any atom is 0.260 e. The Balaban J connectivity index is 1.45. The first-order valence-electron chi connectivity index (χ1n) is 10.4. The number of halogens is 1. The van der Waals surface area contributed by atoms with Crippen LogP contribution in [0.25, 0.3) is 11.3 Å². The summed E-state index contributed by atoms with van der Waals surface area (Å²) in [6.07, 6.45) is 0.792. The van der Waals surface area contributed by atoms with Crippen molar-refractivity contribution < 1.29 is 23.2 Å². The van der Waals surface area contributed by atoms with E-state index in [0.29, 0.717) is 36.6 Å². The van der Waals surface area contributed by atoms with Crippen molar-refractivity contribution in [3.63, 3.8) is 0 Å². The second-order valence-electron chi connectivity index (χ2n) is 7.89. The molecule has 4 rings (SSSR count). The smallest absolute Gasteiger partial charge is 0.260 e. The van der Waals surface area contributed by atoms with Gasteiger partial charge in [-0.25, -0.2) is 4.39 Å². The minimum Gasteiger partial charge on any atom is -0.484 e. The molecule has 7 nitrogen and oxygen atoms in total. The molecule has 1 atom stereocenters. The van der Waals surface area contributed by atoms with Gasteiger partial charge in [0, 0.05) is 38.2 Å². The number of nitrogens with one attached hydrogen (secondary N) is 1. The van der Waals surface area contributed by atoms with E-state index < -0.39 is 5.41 Å². The van der Waals surface area contributed by atoms with Gasteiger partial charge in [-0.3, -0.25) is 9.59 Å². The first-order valence-corrected chi connectivity index (χ1v) is 10.4. The third-order valence-electron chi connectivity index (χ3n) is 5.73. The fraction of sp³-hybridized carbons (Fsp3) is 0.292. The lowest BCUT2D eigenvalue weighted by Gasteiger charge is -2.26. The standard InChI is InChI=1S/C24H24FN3O4/c1-26-23(30)24(14-20-13-21(27-32-20)17-7-9-18(25)10-8-17)11-12-28(16-24)22(29)15-31-19-5-3-2-4-6-19/h2-10,13H,11-12,14-16H2,1H3,(H,26,30)/t24-/m1/s1. The molecule has 32 heavy (non-hydrogen) atoms. The predicted octanol–water partition coefficient (Wildman–Crippen LogP) is 3.07. The van der Waals surface area contributed by atoms with Gasteiger partial charge in [-0.2, -0.15) is 0 Å². The van der Waals surface area contributed by atoms with E-state index in [1.807, 2.05) is 18.2 Å². The van der Waals surface area contributed by atoms with Crippen molar-refractivity contribution in [2.24, 2.45) is 5.41 Å². The summed E-state index contributed by atoms with van der Waals surface area (Å²) in [6, 6.07) is 16.8. The normalized spacial score (nSPS) is 17.9. The lowest BCUT2D eigenvalue weighted by atomic mass is 9.81. The average Bonchev–Trinajstić information content (AvgIpc) is 3.46. The minimum atomic E-state index is -0.823. The number of amides is 2. The quantitative estimate of drug-likeness (QED) is 0.614. The van der Waals surface area contributed by atoms with Crippen LogP contribution in [0.1, 0.15) is 12.2 Å². The fourth-order valence-corrected chi connectivity index (χ4v) is 4.00. The van der Waals surface area contributed by atoms with Crippen LogP contribution in [0.5, 0.6) is 5.75 Å². The highest BCUT2D eigenvalue weighted by Gasteiger charge is 2.46. The third-order valence-corrected chi connectivity index (χ3v) is 5.73.